The average molecular weight is 433 g/mol. The average Bonchev–Trinajstić information content (AvgIpc) is 2.69. The van der Waals surface area contributed by atoms with Crippen LogP contribution in [0.3, 0.4) is 0 Å². The SMILES string of the molecule is CC(C)c1ccccc1-c1nn(C)c(=O)cc1NC(=O)c1cc(C(F)(F)F)ccc1F. The highest BCUT2D eigenvalue weighted by Gasteiger charge is 2.32. The molecule has 9 heteroatoms. The minimum atomic E-state index is -4.74. The summed E-state index contributed by atoms with van der Waals surface area (Å²) in [6.45, 7) is 3.91. The van der Waals surface area contributed by atoms with Crippen molar-refractivity contribution in [2.75, 3.05) is 5.32 Å². The van der Waals surface area contributed by atoms with Crippen molar-refractivity contribution in [2.24, 2.45) is 7.05 Å². The lowest BCUT2D eigenvalue weighted by molar-refractivity contribution is -0.137. The molecule has 5 nitrogen and oxygen atoms in total. The maximum atomic E-state index is 14.1. The van der Waals surface area contributed by atoms with Gasteiger partial charge in [-0.25, -0.2) is 9.07 Å². The molecule has 0 atom stereocenters. The van der Waals surface area contributed by atoms with E-state index in [4.69, 9.17) is 0 Å². The second kappa shape index (κ2) is 8.33. The van der Waals surface area contributed by atoms with Crippen LogP contribution >= 0.6 is 0 Å². The molecule has 162 valence electrons. The summed E-state index contributed by atoms with van der Waals surface area (Å²) in [5, 5.41) is 6.58. The van der Waals surface area contributed by atoms with Crippen molar-refractivity contribution >= 4 is 11.6 Å². The van der Waals surface area contributed by atoms with Crippen molar-refractivity contribution in [3.63, 3.8) is 0 Å². The molecule has 0 radical (unpaired) electrons. The quantitative estimate of drug-likeness (QED) is 0.591. The zero-order valence-electron chi connectivity index (χ0n) is 16.9. The Kier molecular flexibility index (Phi) is 5.97. The molecule has 0 saturated carbocycles. The lowest BCUT2D eigenvalue weighted by Gasteiger charge is -2.16. The molecule has 0 spiro atoms. The molecule has 0 aliphatic heterocycles. The van der Waals surface area contributed by atoms with E-state index in [-0.39, 0.29) is 17.3 Å². The first-order chi connectivity index (χ1) is 14.5. The second-order valence-corrected chi connectivity index (χ2v) is 7.26. The first-order valence-corrected chi connectivity index (χ1v) is 9.34. The maximum absolute atomic E-state index is 14.1. The molecule has 0 aliphatic rings. The zero-order chi connectivity index (χ0) is 22.9. The molecule has 1 amide bonds. The van der Waals surface area contributed by atoms with Crippen LogP contribution in [0.4, 0.5) is 23.2 Å². The summed E-state index contributed by atoms with van der Waals surface area (Å²) >= 11 is 0. The summed E-state index contributed by atoms with van der Waals surface area (Å²) in [6.07, 6.45) is -4.74. The number of nitrogens with one attached hydrogen (secondary N) is 1. The fourth-order valence-electron chi connectivity index (χ4n) is 3.11. The molecule has 2 aromatic carbocycles. The molecule has 1 aromatic heterocycles. The predicted octanol–water partition coefficient (Wildman–Crippen LogP) is 4.98. The van der Waals surface area contributed by atoms with Crippen LogP contribution < -0.4 is 10.9 Å². The molecule has 31 heavy (non-hydrogen) atoms. The Morgan fingerprint density at radius 3 is 2.42 bits per heavy atom. The van der Waals surface area contributed by atoms with Gasteiger partial charge in [0.2, 0.25) is 0 Å². The van der Waals surface area contributed by atoms with E-state index in [1.54, 1.807) is 12.1 Å². The van der Waals surface area contributed by atoms with E-state index in [0.29, 0.717) is 23.8 Å². The van der Waals surface area contributed by atoms with Crippen molar-refractivity contribution < 1.29 is 22.4 Å². The zero-order valence-corrected chi connectivity index (χ0v) is 16.9. The van der Waals surface area contributed by atoms with Crippen LogP contribution in [0.1, 0.15) is 41.3 Å². The van der Waals surface area contributed by atoms with Crippen molar-refractivity contribution in [1.29, 1.82) is 0 Å². The number of carbonyl (C=O) groups excluding carboxylic acids is 1. The van der Waals surface area contributed by atoms with E-state index in [1.807, 2.05) is 26.0 Å². The number of hydrogen-bond donors (Lipinski definition) is 1. The van der Waals surface area contributed by atoms with Gasteiger partial charge in [-0.1, -0.05) is 38.1 Å². The summed E-state index contributed by atoms with van der Waals surface area (Å²) in [4.78, 5) is 24.8. The second-order valence-electron chi connectivity index (χ2n) is 7.26. The number of carbonyl (C=O) groups is 1. The Morgan fingerprint density at radius 1 is 1.10 bits per heavy atom. The van der Waals surface area contributed by atoms with Gasteiger partial charge in [-0.3, -0.25) is 9.59 Å². The molecule has 1 heterocycles. The molecular weight excluding hydrogens is 414 g/mol. The highest BCUT2D eigenvalue weighted by molar-refractivity contribution is 6.06. The van der Waals surface area contributed by atoms with E-state index in [0.717, 1.165) is 16.3 Å². The van der Waals surface area contributed by atoms with Crippen LogP contribution in [0.5, 0.6) is 0 Å². The topological polar surface area (TPSA) is 64.0 Å². The first-order valence-electron chi connectivity index (χ1n) is 9.34. The number of rotatable bonds is 4. The Bertz CT molecular complexity index is 1200. The van der Waals surface area contributed by atoms with Gasteiger partial charge in [0.05, 0.1) is 16.8 Å². The van der Waals surface area contributed by atoms with Crippen LogP contribution in [0.15, 0.2) is 53.3 Å². The number of benzene rings is 2. The van der Waals surface area contributed by atoms with Gasteiger partial charge < -0.3 is 5.32 Å². The molecule has 0 saturated heterocycles. The minimum absolute atomic E-state index is 0.0296. The van der Waals surface area contributed by atoms with Crippen LogP contribution in [-0.2, 0) is 13.2 Å². The number of anilines is 1. The normalized spacial score (nSPS) is 11.6. The van der Waals surface area contributed by atoms with Gasteiger partial charge >= 0.3 is 6.18 Å². The molecule has 0 unspecified atom stereocenters. The third-order valence-corrected chi connectivity index (χ3v) is 4.72. The van der Waals surface area contributed by atoms with Crippen molar-refractivity contribution in [3.05, 3.63) is 81.4 Å². The van der Waals surface area contributed by atoms with Gasteiger partial charge in [0.1, 0.15) is 11.5 Å². The van der Waals surface area contributed by atoms with Gasteiger partial charge in [-0.15, -0.1) is 0 Å². The fraction of sp³-hybridized carbons (Fsp3) is 0.227. The standard InChI is InChI=1S/C22H19F4N3O2/c1-12(2)14-6-4-5-7-15(14)20-18(11-19(30)29(3)28-20)27-21(31)16-10-13(22(24,25)26)8-9-17(16)23/h4-12H,1-3H3,(H,27,31). The van der Waals surface area contributed by atoms with Gasteiger partial charge in [0, 0.05) is 18.7 Å². The molecule has 0 aliphatic carbocycles. The van der Waals surface area contributed by atoms with Gasteiger partial charge in [-0.2, -0.15) is 18.3 Å². The fourth-order valence-corrected chi connectivity index (χ4v) is 3.11. The molecule has 3 aromatic rings. The van der Waals surface area contributed by atoms with E-state index < -0.39 is 34.6 Å². The highest BCUT2D eigenvalue weighted by atomic mass is 19.4. The number of aryl methyl sites for hydroxylation is 1. The van der Waals surface area contributed by atoms with Crippen LogP contribution in [0.2, 0.25) is 0 Å². The third-order valence-electron chi connectivity index (χ3n) is 4.72. The number of aromatic nitrogens is 2. The van der Waals surface area contributed by atoms with Crippen molar-refractivity contribution in [3.8, 4) is 11.3 Å². The first kappa shape index (κ1) is 22.2. The van der Waals surface area contributed by atoms with Gasteiger partial charge in [0.15, 0.2) is 0 Å². The molecule has 0 bridgehead atoms. The predicted molar refractivity (Wildman–Crippen MR) is 108 cm³/mol. The van der Waals surface area contributed by atoms with E-state index >= 15 is 0 Å². The number of alkyl halides is 3. The monoisotopic (exact) mass is 433 g/mol. The number of halogens is 4. The lowest BCUT2D eigenvalue weighted by Crippen LogP contribution is -2.23. The summed E-state index contributed by atoms with van der Waals surface area (Å²) in [5.74, 6) is -2.16. The Labute approximate surface area is 175 Å². The Hall–Kier alpha value is -3.49. The minimum Gasteiger partial charge on any atom is -0.320 e. The molecule has 3 rings (SSSR count). The largest absolute Gasteiger partial charge is 0.416 e. The van der Waals surface area contributed by atoms with Crippen LogP contribution in [0.25, 0.3) is 11.3 Å². The summed E-state index contributed by atoms with van der Waals surface area (Å²) in [7, 11) is 1.43. The van der Waals surface area contributed by atoms with Gasteiger partial charge in [-0.05, 0) is 29.7 Å². The summed E-state index contributed by atoms with van der Waals surface area (Å²) in [6, 6.07) is 9.87. The number of nitrogens with zero attached hydrogens (tertiary/aromatic N) is 2. The molecular formula is C22H19F4N3O2. The molecule has 0 fully saturated rings. The highest BCUT2D eigenvalue weighted by Crippen LogP contribution is 2.33. The summed E-state index contributed by atoms with van der Waals surface area (Å²) in [5.41, 5.74) is -0.775. The third kappa shape index (κ3) is 4.65. The molecule has 1 N–H and O–H groups in total. The number of hydrogen-bond acceptors (Lipinski definition) is 3. The lowest BCUT2D eigenvalue weighted by atomic mass is 9.94. The van der Waals surface area contributed by atoms with Crippen molar-refractivity contribution in [2.45, 2.75) is 25.9 Å². The van der Waals surface area contributed by atoms with E-state index in [2.05, 4.69) is 10.4 Å². The summed E-state index contributed by atoms with van der Waals surface area (Å²) < 4.78 is 54.2. The van der Waals surface area contributed by atoms with Crippen molar-refractivity contribution in [1.82, 2.24) is 9.78 Å². The Balaban J connectivity index is 2.11. The number of amides is 1. The van der Waals surface area contributed by atoms with E-state index in [9.17, 15) is 27.2 Å². The van der Waals surface area contributed by atoms with Gasteiger partial charge in [0.25, 0.3) is 11.5 Å². The maximum Gasteiger partial charge on any atom is 0.416 e. The Morgan fingerprint density at radius 2 is 1.77 bits per heavy atom. The smallest absolute Gasteiger partial charge is 0.320 e. The van der Waals surface area contributed by atoms with Crippen LogP contribution in [-0.4, -0.2) is 15.7 Å². The van der Waals surface area contributed by atoms with Crippen LogP contribution in [0, 0.1) is 5.82 Å². The van der Waals surface area contributed by atoms with E-state index in [1.165, 1.54) is 7.05 Å².